The molecule has 0 spiro atoms. The number of rotatable bonds is 6. The van der Waals surface area contributed by atoms with E-state index in [2.05, 4.69) is 33.4 Å². The summed E-state index contributed by atoms with van der Waals surface area (Å²) in [6, 6.07) is 0.208. The lowest BCUT2D eigenvalue weighted by Crippen LogP contribution is -2.36. The highest BCUT2D eigenvalue weighted by atomic mass is 15.1. The van der Waals surface area contributed by atoms with Gasteiger partial charge in [-0.1, -0.05) is 33.4 Å². The summed E-state index contributed by atoms with van der Waals surface area (Å²) in [5.41, 5.74) is 5.94. The van der Waals surface area contributed by atoms with Crippen LogP contribution < -0.4 is 5.73 Å². The number of allylic oxidation sites excluding steroid dienone is 1. The number of hydrogen-bond acceptors (Lipinski definition) is 2. The first-order chi connectivity index (χ1) is 6.11. The van der Waals surface area contributed by atoms with Gasteiger partial charge in [0.2, 0.25) is 0 Å². The monoisotopic (exact) mass is 182 g/mol. The van der Waals surface area contributed by atoms with Crippen molar-refractivity contribution in [1.29, 1.82) is 0 Å². The maximum Gasteiger partial charge on any atom is 0.0373 e. The van der Waals surface area contributed by atoms with E-state index in [1.807, 2.05) is 17.3 Å². The molecule has 0 aromatic rings. The summed E-state index contributed by atoms with van der Waals surface area (Å²) >= 11 is 0. The van der Waals surface area contributed by atoms with Crippen LogP contribution in [0.1, 0.15) is 27.2 Å². The Morgan fingerprint density at radius 3 is 2.46 bits per heavy atom. The average Bonchev–Trinajstić information content (AvgIpc) is 2.11. The molecule has 2 heteroatoms. The van der Waals surface area contributed by atoms with Crippen molar-refractivity contribution >= 4 is 0 Å². The van der Waals surface area contributed by atoms with Gasteiger partial charge < -0.3 is 10.6 Å². The molecule has 0 saturated heterocycles. The molecule has 0 bridgehead atoms. The van der Waals surface area contributed by atoms with Crippen molar-refractivity contribution in [2.45, 2.75) is 33.2 Å². The summed E-state index contributed by atoms with van der Waals surface area (Å²) in [7, 11) is 0. The van der Waals surface area contributed by atoms with E-state index in [9.17, 15) is 0 Å². The van der Waals surface area contributed by atoms with Crippen molar-refractivity contribution in [3.05, 3.63) is 25.1 Å². The second kappa shape index (κ2) is 6.72. The molecule has 1 atom stereocenters. The predicted molar refractivity (Wildman–Crippen MR) is 59.1 cm³/mol. The van der Waals surface area contributed by atoms with E-state index in [-0.39, 0.29) is 6.04 Å². The Morgan fingerprint density at radius 1 is 1.46 bits per heavy atom. The van der Waals surface area contributed by atoms with E-state index >= 15 is 0 Å². The van der Waals surface area contributed by atoms with Crippen LogP contribution in [0.4, 0.5) is 0 Å². The van der Waals surface area contributed by atoms with Crippen LogP contribution in [0.5, 0.6) is 0 Å². The molecule has 2 N–H and O–H groups in total. The highest BCUT2D eigenvalue weighted by Gasteiger charge is 2.08. The fourth-order valence-electron chi connectivity index (χ4n) is 0.891. The summed E-state index contributed by atoms with van der Waals surface area (Å²) in [6.07, 6.45) is 7.00. The summed E-state index contributed by atoms with van der Waals surface area (Å²) in [5, 5.41) is 0. The molecular weight excluding hydrogens is 160 g/mol. The average molecular weight is 182 g/mol. The molecule has 0 radical (unpaired) electrons. The molecule has 13 heavy (non-hydrogen) atoms. The zero-order chi connectivity index (χ0) is 10.3. The Bertz CT molecular complexity index is 161. The SMILES string of the molecule is C=CN(/C=C\CC)CC(N)C(C)C. The van der Waals surface area contributed by atoms with Crippen LogP contribution in [0.2, 0.25) is 0 Å². The first-order valence-corrected chi connectivity index (χ1v) is 4.92. The number of nitrogens with two attached hydrogens (primary N) is 1. The van der Waals surface area contributed by atoms with Crippen LogP contribution in [0.15, 0.2) is 25.1 Å². The van der Waals surface area contributed by atoms with E-state index in [4.69, 9.17) is 5.73 Å². The smallest absolute Gasteiger partial charge is 0.0373 e. The topological polar surface area (TPSA) is 29.3 Å². The van der Waals surface area contributed by atoms with Gasteiger partial charge in [-0.2, -0.15) is 0 Å². The zero-order valence-electron chi connectivity index (χ0n) is 9.03. The van der Waals surface area contributed by atoms with Gasteiger partial charge >= 0.3 is 0 Å². The Balaban J connectivity index is 3.97. The number of hydrogen-bond donors (Lipinski definition) is 1. The van der Waals surface area contributed by atoms with Crippen molar-refractivity contribution in [2.75, 3.05) is 6.54 Å². The molecule has 2 nitrogen and oxygen atoms in total. The molecule has 0 rings (SSSR count). The van der Waals surface area contributed by atoms with Gasteiger partial charge in [0.15, 0.2) is 0 Å². The lowest BCUT2D eigenvalue weighted by Gasteiger charge is -2.22. The van der Waals surface area contributed by atoms with Crippen LogP contribution in [-0.2, 0) is 0 Å². The Kier molecular flexibility index (Phi) is 6.33. The van der Waals surface area contributed by atoms with E-state index in [1.54, 1.807) is 0 Å². The fourth-order valence-corrected chi connectivity index (χ4v) is 0.891. The van der Waals surface area contributed by atoms with Gasteiger partial charge in [0.25, 0.3) is 0 Å². The minimum absolute atomic E-state index is 0.208. The van der Waals surface area contributed by atoms with Crippen LogP contribution in [-0.4, -0.2) is 17.5 Å². The van der Waals surface area contributed by atoms with Crippen LogP contribution in [0.3, 0.4) is 0 Å². The van der Waals surface area contributed by atoms with E-state index in [0.29, 0.717) is 5.92 Å². The zero-order valence-corrected chi connectivity index (χ0v) is 9.03. The molecule has 0 saturated carbocycles. The first kappa shape index (κ1) is 12.2. The highest BCUT2D eigenvalue weighted by Crippen LogP contribution is 2.02. The molecule has 0 fully saturated rings. The molecule has 76 valence electrons. The highest BCUT2D eigenvalue weighted by molar-refractivity contribution is 4.89. The molecule has 0 aromatic carbocycles. The maximum atomic E-state index is 5.94. The summed E-state index contributed by atoms with van der Waals surface area (Å²) in [6.45, 7) is 11.0. The third-order valence-corrected chi connectivity index (χ3v) is 2.05. The quantitative estimate of drug-likeness (QED) is 0.683. The van der Waals surface area contributed by atoms with Crippen molar-refractivity contribution in [1.82, 2.24) is 4.90 Å². The fraction of sp³-hybridized carbons (Fsp3) is 0.636. The third-order valence-electron chi connectivity index (χ3n) is 2.05. The largest absolute Gasteiger partial charge is 0.354 e. The molecule has 0 aliphatic carbocycles. The second-order valence-electron chi connectivity index (χ2n) is 3.58. The summed E-state index contributed by atoms with van der Waals surface area (Å²) in [5.74, 6) is 0.512. The molecule has 0 heterocycles. The van der Waals surface area contributed by atoms with E-state index < -0.39 is 0 Å². The molecule has 0 amide bonds. The summed E-state index contributed by atoms with van der Waals surface area (Å²) in [4.78, 5) is 2.04. The Labute approximate surface area is 82.1 Å². The van der Waals surface area contributed by atoms with Crippen molar-refractivity contribution in [3.8, 4) is 0 Å². The predicted octanol–water partition coefficient (Wildman–Crippen LogP) is 2.34. The minimum Gasteiger partial charge on any atom is -0.354 e. The van der Waals surface area contributed by atoms with Crippen molar-refractivity contribution < 1.29 is 0 Å². The van der Waals surface area contributed by atoms with Gasteiger partial charge in [0.1, 0.15) is 0 Å². The molecule has 0 aliphatic rings. The van der Waals surface area contributed by atoms with Crippen LogP contribution in [0.25, 0.3) is 0 Å². The minimum atomic E-state index is 0.208. The normalized spacial score (nSPS) is 13.6. The Hall–Kier alpha value is -0.760. The van der Waals surface area contributed by atoms with E-state index in [0.717, 1.165) is 13.0 Å². The molecular formula is C11H22N2. The molecule has 0 aliphatic heterocycles. The van der Waals surface area contributed by atoms with Crippen molar-refractivity contribution in [3.63, 3.8) is 0 Å². The number of nitrogens with zero attached hydrogens (tertiary/aromatic N) is 1. The lowest BCUT2D eigenvalue weighted by molar-refractivity contribution is 0.382. The van der Waals surface area contributed by atoms with Crippen LogP contribution >= 0.6 is 0 Å². The van der Waals surface area contributed by atoms with Gasteiger partial charge in [-0.3, -0.25) is 0 Å². The van der Waals surface area contributed by atoms with Crippen LogP contribution in [0, 0.1) is 5.92 Å². The first-order valence-electron chi connectivity index (χ1n) is 4.92. The van der Waals surface area contributed by atoms with Gasteiger partial charge in [-0.05, 0) is 24.7 Å². The van der Waals surface area contributed by atoms with Gasteiger partial charge in [-0.15, -0.1) is 0 Å². The van der Waals surface area contributed by atoms with Gasteiger partial charge in [-0.25, -0.2) is 0 Å². The summed E-state index contributed by atoms with van der Waals surface area (Å²) < 4.78 is 0. The maximum absolute atomic E-state index is 5.94. The lowest BCUT2D eigenvalue weighted by atomic mass is 10.1. The Morgan fingerprint density at radius 2 is 2.08 bits per heavy atom. The van der Waals surface area contributed by atoms with Gasteiger partial charge in [0.05, 0.1) is 0 Å². The standard InChI is InChI=1S/C11H22N2/c1-5-7-8-13(6-2)9-11(12)10(3)4/h6-8,10-11H,2,5,9,12H2,1,3-4H3/b8-7-. The third kappa shape index (κ3) is 5.47. The molecule has 0 aromatic heterocycles. The van der Waals surface area contributed by atoms with Crippen molar-refractivity contribution in [2.24, 2.45) is 11.7 Å². The van der Waals surface area contributed by atoms with Gasteiger partial charge in [0, 0.05) is 12.6 Å². The van der Waals surface area contributed by atoms with E-state index in [1.165, 1.54) is 0 Å². The second-order valence-corrected chi connectivity index (χ2v) is 3.58. The molecule has 1 unspecified atom stereocenters.